The lowest BCUT2D eigenvalue weighted by molar-refractivity contribution is 0.251. The van der Waals surface area contributed by atoms with Gasteiger partial charge in [-0.15, -0.1) is 5.10 Å². The van der Waals surface area contributed by atoms with Crippen LogP contribution in [0.2, 0.25) is 0 Å². The minimum atomic E-state index is 0.878. The number of hydrogen-bond acceptors (Lipinski definition) is 8. The number of anilines is 1. The molecule has 1 aliphatic rings. The maximum absolute atomic E-state index is 4.47. The summed E-state index contributed by atoms with van der Waals surface area (Å²) in [6.07, 6.45) is 5.31. The van der Waals surface area contributed by atoms with Gasteiger partial charge in [0.15, 0.2) is 5.65 Å². The third kappa shape index (κ3) is 2.42. The van der Waals surface area contributed by atoms with E-state index in [2.05, 4.69) is 34.5 Å². The molecule has 3 aromatic rings. The van der Waals surface area contributed by atoms with Gasteiger partial charge in [-0.2, -0.15) is 5.10 Å². The summed E-state index contributed by atoms with van der Waals surface area (Å²) in [7, 11) is 1.90. The highest BCUT2D eigenvalue weighted by atomic mass is 32.1. The van der Waals surface area contributed by atoms with Crippen LogP contribution >= 0.6 is 11.5 Å². The molecular formula is C13H16N8S. The van der Waals surface area contributed by atoms with Gasteiger partial charge in [-0.25, -0.2) is 9.97 Å². The zero-order chi connectivity index (χ0) is 14.9. The lowest BCUT2D eigenvalue weighted by Gasteiger charge is -2.35. The molecule has 0 spiro atoms. The van der Waals surface area contributed by atoms with Crippen LogP contribution in [0.15, 0.2) is 18.7 Å². The predicted octanol–water partition coefficient (Wildman–Crippen LogP) is 0.537. The van der Waals surface area contributed by atoms with Gasteiger partial charge in [-0.05, 0) is 11.5 Å². The Hall–Kier alpha value is -2.13. The van der Waals surface area contributed by atoms with Gasteiger partial charge in [0.1, 0.15) is 12.1 Å². The SMILES string of the molecule is Cn1ncc2c(N3CCN(Cc4cnns4)CC3)ncnc21. The Bertz CT molecular complexity index is 760. The van der Waals surface area contributed by atoms with Crippen LogP contribution in [-0.2, 0) is 13.6 Å². The van der Waals surface area contributed by atoms with Crippen LogP contribution in [0.5, 0.6) is 0 Å². The monoisotopic (exact) mass is 316 g/mol. The van der Waals surface area contributed by atoms with Crippen molar-refractivity contribution in [2.45, 2.75) is 6.54 Å². The van der Waals surface area contributed by atoms with Crippen molar-refractivity contribution in [2.75, 3.05) is 31.1 Å². The van der Waals surface area contributed by atoms with Gasteiger partial charge in [-0.1, -0.05) is 4.49 Å². The maximum Gasteiger partial charge on any atom is 0.163 e. The van der Waals surface area contributed by atoms with Gasteiger partial charge in [-0.3, -0.25) is 9.58 Å². The Kier molecular flexibility index (Phi) is 3.43. The molecule has 22 heavy (non-hydrogen) atoms. The minimum absolute atomic E-state index is 0.878. The number of piperazine rings is 1. The zero-order valence-corrected chi connectivity index (χ0v) is 13.1. The Morgan fingerprint density at radius 3 is 2.77 bits per heavy atom. The molecule has 0 aliphatic carbocycles. The van der Waals surface area contributed by atoms with Crippen molar-refractivity contribution in [2.24, 2.45) is 7.05 Å². The highest BCUT2D eigenvalue weighted by Gasteiger charge is 2.21. The molecule has 0 atom stereocenters. The summed E-state index contributed by atoms with van der Waals surface area (Å²) in [6.45, 7) is 4.84. The number of nitrogens with zero attached hydrogens (tertiary/aromatic N) is 8. The van der Waals surface area contributed by atoms with Crippen molar-refractivity contribution < 1.29 is 0 Å². The quantitative estimate of drug-likeness (QED) is 0.698. The second-order valence-electron chi connectivity index (χ2n) is 5.35. The Balaban J connectivity index is 1.48. The van der Waals surface area contributed by atoms with E-state index >= 15 is 0 Å². The molecular weight excluding hydrogens is 300 g/mol. The molecule has 3 aromatic heterocycles. The first-order valence-corrected chi connectivity index (χ1v) is 7.95. The number of hydrogen-bond donors (Lipinski definition) is 0. The lowest BCUT2D eigenvalue weighted by atomic mass is 10.2. The Morgan fingerprint density at radius 1 is 1.14 bits per heavy atom. The Labute approximate surface area is 131 Å². The summed E-state index contributed by atoms with van der Waals surface area (Å²) in [5, 5.41) is 9.19. The van der Waals surface area contributed by atoms with Crippen LogP contribution in [0, 0.1) is 0 Å². The zero-order valence-electron chi connectivity index (χ0n) is 12.3. The van der Waals surface area contributed by atoms with E-state index in [-0.39, 0.29) is 0 Å². The number of aromatic nitrogens is 6. The minimum Gasteiger partial charge on any atom is -0.353 e. The molecule has 1 aliphatic heterocycles. The lowest BCUT2D eigenvalue weighted by Crippen LogP contribution is -2.46. The normalized spacial score (nSPS) is 16.5. The van der Waals surface area contributed by atoms with Gasteiger partial charge in [0.25, 0.3) is 0 Å². The third-order valence-electron chi connectivity index (χ3n) is 3.97. The molecule has 4 heterocycles. The molecule has 0 aromatic carbocycles. The third-order valence-corrected chi connectivity index (χ3v) is 4.61. The molecule has 1 fully saturated rings. The highest BCUT2D eigenvalue weighted by Crippen LogP contribution is 2.23. The van der Waals surface area contributed by atoms with Gasteiger partial charge in [0, 0.05) is 39.8 Å². The van der Waals surface area contributed by atoms with Gasteiger partial charge in [0.05, 0.1) is 22.7 Å². The van der Waals surface area contributed by atoms with Crippen molar-refractivity contribution in [1.29, 1.82) is 0 Å². The fourth-order valence-corrected chi connectivity index (χ4v) is 3.33. The van der Waals surface area contributed by atoms with E-state index in [4.69, 9.17) is 0 Å². The topological polar surface area (TPSA) is 75.9 Å². The first-order chi connectivity index (χ1) is 10.8. The predicted molar refractivity (Wildman–Crippen MR) is 83.7 cm³/mol. The van der Waals surface area contributed by atoms with Gasteiger partial charge < -0.3 is 4.90 Å². The van der Waals surface area contributed by atoms with Crippen LogP contribution in [0.1, 0.15) is 4.88 Å². The summed E-state index contributed by atoms with van der Waals surface area (Å²) in [5.74, 6) is 0.984. The van der Waals surface area contributed by atoms with E-state index in [0.717, 1.165) is 49.6 Å². The molecule has 114 valence electrons. The molecule has 0 radical (unpaired) electrons. The highest BCUT2D eigenvalue weighted by molar-refractivity contribution is 7.05. The average molecular weight is 316 g/mol. The fraction of sp³-hybridized carbons (Fsp3) is 0.462. The van der Waals surface area contributed by atoms with E-state index in [1.54, 1.807) is 11.0 Å². The number of fused-ring (bicyclic) bond motifs is 1. The van der Waals surface area contributed by atoms with E-state index in [9.17, 15) is 0 Å². The molecule has 9 heteroatoms. The number of rotatable bonds is 3. The van der Waals surface area contributed by atoms with Crippen molar-refractivity contribution in [3.8, 4) is 0 Å². The van der Waals surface area contributed by atoms with Crippen molar-refractivity contribution in [1.82, 2.24) is 34.2 Å². The van der Waals surface area contributed by atoms with Crippen LogP contribution in [-0.4, -0.2) is 60.4 Å². The average Bonchev–Trinajstić information content (AvgIpc) is 3.18. The second kappa shape index (κ2) is 5.58. The van der Waals surface area contributed by atoms with E-state index < -0.39 is 0 Å². The summed E-state index contributed by atoms with van der Waals surface area (Å²) in [6, 6.07) is 0. The van der Waals surface area contributed by atoms with Gasteiger partial charge >= 0.3 is 0 Å². The number of aryl methyl sites for hydroxylation is 1. The molecule has 1 saturated heterocycles. The standard InChI is InChI=1S/C13H16N8S/c1-19-12-11(7-17-19)13(15-9-14-12)21-4-2-20(3-5-21)8-10-6-16-18-22-10/h6-7,9H,2-5,8H2,1H3. The summed E-state index contributed by atoms with van der Waals surface area (Å²) < 4.78 is 5.70. The summed E-state index contributed by atoms with van der Waals surface area (Å²) >= 11 is 1.47. The molecule has 0 bridgehead atoms. The molecule has 0 N–H and O–H groups in total. The molecule has 0 saturated carbocycles. The van der Waals surface area contributed by atoms with E-state index in [0.29, 0.717) is 0 Å². The largest absolute Gasteiger partial charge is 0.353 e. The van der Waals surface area contributed by atoms with E-state index in [1.807, 2.05) is 19.4 Å². The van der Waals surface area contributed by atoms with Crippen LogP contribution in [0.25, 0.3) is 11.0 Å². The molecule has 4 rings (SSSR count). The molecule has 0 unspecified atom stereocenters. The second-order valence-corrected chi connectivity index (χ2v) is 6.22. The fourth-order valence-electron chi connectivity index (χ4n) is 2.80. The van der Waals surface area contributed by atoms with Crippen molar-refractivity contribution >= 4 is 28.4 Å². The van der Waals surface area contributed by atoms with Crippen LogP contribution in [0.4, 0.5) is 5.82 Å². The summed E-state index contributed by atoms with van der Waals surface area (Å²) in [4.78, 5) is 14.7. The first kappa shape index (κ1) is 13.5. The van der Waals surface area contributed by atoms with Gasteiger partial charge in [0.2, 0.25) is 0 Å². The van der Waals surface area contributed by atoms with Crippen LogP contribution in [0.3, 0.4) is 0 Å². The Morgan fingerprint density at radius 2 is 2.00 bits per heavy atom. The van der Waals surface area contributed by atoms with Crippen molar-refractivity contribution in [3.05, 3.63) is 23.6 Å². The molecule has 8 nitrogen and oxygen atoms in total. The summed E-state index contributed by atoms with van der Waals surface area (Å²) in [5.41, 5.74) is 0.878. The van der Waals surface area contributed by atoms with Crippen LogP contribution < -0.4 is 4.90 Å². The van der Waals surface area contributed by atoms with E-state index in [1.165, 1.54) is 16.4 Å². The smallest absolute Gasteiger partial charge is 0.163 e. The maximum atomic E-state index is 4.47. The van der Waals surface area contributed by atoms with Crippen molar-refractivity contribution in [3.63, 3.8) is 0 Å². The first-order valence-electron chi connectivity index (χ1n) is 7.17. The molecule has 0 amide bonds.